The lowest BCUT2D eigenvalue weighted by molar-refractivity contribution is 0.350. The Kier molecular flexibility index (Phi) is 2.81. The Morgan fingerprint density at radius 3 is 2.58 bits per heavy atom. The molecule has 0 radical (unpaired) electrons. The van der Waals surface area contributed by atoms with Gasteiger partial charge in [-0.1, -0.05) is 19.0 Å². The second-order valence-electron chi connectivity index (χ2n) is 3.35. The van der Waals surface area contributed by atoms with Crippen molar-refractivity contribution in [3.8, 4) is 0 Å². The summed E-state index contributed by atoms with van der Waals surface area (Å²) in [5.41, 5.74) is 5.83. The number of hydrogen-bond acceptors (Lipinski definition) is 4. The fourth-order valence-corrected chi connectivity index (χ4v) is 0.860. The Balaban J connectivity index is 2.52. The summed E-state index contributed by atoms with van der Waals surface area (Å²) in [6, 6.07) is 0.102. The average molecular weight is 169 g/mol. The Morgan fingerprint density at radius 1 is 1.50 bits per heavy atom. The van der Waals surface area contributed by atoms with Gasteiger partial charge in [0, 0.05) is 12.5 Å². The molecule has 0 aromatic carbocycles. The zero-order valence-electron chi connectivity index (χ0n) is 7.74. The third-order valence-electron chi connectivity index (χ3n) is 1.84. The molecule has 2 N–H and O–H groups in total. The van der Waals surface area contributed by atoms with Crippen LogP contribution in [0.4, 0.5) is 0 Å². The van der Waals surface area contributed by atoms with Crippen LogP contribution in [-0.2, 0) is 6.42 Å². The van der Waals surface area contributed by atoms with Crippen molar-refractivity contribution in [2.24, 2.45) is 11.7 Å². The van der Waals surface area contributed by atoms with Gasteiger partial charge in [-0.25, -0.2) is 0 Å². The van der Waals surface area contributed by atoms with Gasteiger partial charge in [-0.05, 0) is 12.8 Å². The molecule has 0 aliphatic rings. The van der Waals surface area contributed by atoms with Crippen molar-refractivity contribution in [2.75, 3.05) is 0 Å². The lowest BCUT2D eigenvalue weighted by atomic mass is 10.0. The largest absolute Gasteiger partial charge is 0.339 e. The molecular weight excluding hydrogens is 154 g/mol. The van der Waals surface area contributed by atoms with E-state index in [2.05, 4.69) is 24.0 Å². The van der Waals surface area contributed by atoms with Crippen LogP contribution in [0.15, 0.2) is 4.52 Å². The van der Waals surface area contributed by atoms with Crippen LogP contribution in [0.5, 0.6) is 0 Å². The van der Waals surface area contributed by atoms with E-state index in [-0.39, 0.29) is 6.04 Å². The van der Waals surface area contributed by atoms with E-state index in [0.29, 0.717) is 24.1 Å². The van der Waals surface area contributed by atoms with E-state index in [0.717, 1.165) is 0 Å². The Bertz CT molecular complexity index is 244. The first kappa shape index (κ1) is 9.19. The van der Waals surface area contributed by atoms with Crippen LogP contribution in [0.1, 0.15) is 25.6 Å². The molecule has 0 saturated heterocycles. The van der Waals surface area contributed by atoms with E-state index in [1.807, 2.05) is 0 Å². The van der Waals surface area contributed by atoms with Crippen molar-refractivity contribution in [3.63, 3.8) is 0 Å². The van der Waals surface area contributed by atoms with Gasteiger partial charge in [0.2, 0.25) is 5.89 Å². The Labute approximate surface area is 72.1 Å². The molecule has 1 unspecified atom stereocenters. The average Bonchev–Trinajstić information content (AvgIpc) is 2.35. The van der Waals surface area contributed by atoms with E-state index in [9.17, 15) is 0 Å². The van der Waals surface area contributed by atoms with Crippen molar-refractivity contribution in [1.29, 1.82) is 0 Å². The molecule has 68 valence electrons. The minimum absolute atomic E-state index is 0.102. The molecule has 1 atom stereocenters. The van der Waals surface area contributed by atoms with Crippen molar-refractivity contribution < 1.29 is 4.52 Å². The molecule has 1 aromatic rings. The maximum Gasteiger partial charge on any atom is 0.228 e. The highest BCUT2D eigenvalue weighted by Gasteiger charge is 2.12. The normalized spacial score (nSPS) is 13.8. The van der Waals surface area contributed by atoms with Crippen LogP contribution in [0.2, 0.25) is 0 Å². The van der Waals surface area contributed by atoms with Gasteiger partial charge in [-0.3, -0.25) is 0 Å². The number of rotatable bonds is 3. The number of aryl methyl sites for hydroxylation is 1. The molecule has 12 heavy (non-hydrogen) atoms. The molecule has 0 spiro atoms. The van der Waals surface area contributed by atoms with Gasteiger partial charge < -0.3 is 10.3 Å². The monoisotopic (exact) mass is 169 g/mol. The fourth-order valence-electron chi connectivity index (χ4n) is 0.860. The summed E-state index contributed by atoms with van der Waals surface area (Å²) in [6.07, 6.45) is 0.665. The minimum atomic E-state index is 0.102. The third kappa shape index (κ3) is 2.30. The summed E-state index contributed by atoms with van der Waals surface area (Å²) in [5.74, 6) is 1.74. The zero-order valence-corrected chi connectivity index (χ0v) is 7.74. The Morgan fingerprint density at radius 2 is 2.17 bits per heavy atom. The van der Waals surface area contributed by atoms with E-state index in [1.165, 1.54) is 0 Å². The van der Waals surface area contributed by atoms with E-state index in [1.54, 1.807) is 6.92 Å². The molecule has 0 saturated carbocycles. The van der Waals surface area contributed by atoms with Gasteiger partial charge in [0.1, 0.15) is 0 Å². The second-order valence-corrected chi connectivity index (χ2v) is 3.35. The predicted molar refractivity (Wildman–Crippen MR) is 45.6 cm³/mol. The molecule has 0 aliphatic heterocycles. The molecule has 4 heteroatoms. The van der Waals surface area contributed by atoms with Crippen LogP contribution in [0.3, 0.4) is 0 Å². The third-order valence-corrected chi connectivity index (χ3v) is 1.84. The van der Waals surface area contributed by atoms with Gasteiger partial charge in [-0.15, -0.1) is 0 Å². The van der Waals surface area contributed by atoms with E-state index >= 15 is 0 Å². The number of nitrogens with zero attached hydrogens (tertiary/aromatic N) is 2. The number of nitrogens with two attached hydrogens (primary N) is 1. The van der Waals surface area contributed by atoms with Crippen LogP contribution in [-0.4, -0.2) is 16.2 Å². The highest BCUT2D eigenvalue weighted by atomic mass is 16.5. The first-order valence-corrected chi connectivity index (χ1v) is 4.14. The summed E-state index contributed by atoms with van der Waals surface area (Å²) >= 11 is 0. The quantitative estimate of drug-likeness (QED) is 0.730. The molecule has 0 bridgehead atoms. The van der Waals surface area contributed by atoms with Gasteiger partial charge in [-0.2, -0.15) is 4.98 Å². The predicted octanol–water partition coefficient (Wildman–Crippen LogP) is 0.904. The maximum absolute atomic E-state index is 5.83. The highest BCUT2D eigenvalue weighted by Crippen LogP contribution is 2.05. The van der Waals surface area contributed by atoms with E-state index in [4.69, 9.17) is 10.3 Å². The maximum atomic E-state index is 5.83. The number of aromatic nitrogens is 2. The second kappa shape index (κ2) is 3.67. The van der Waals surface area contributed by atoms with Crippen LogP contribution < -0.4 is 5.73 Å². The van der Waals surface area contributed by atoms with Crippen LogP contribution in [0, 0.1) is 12.8 Å². The lowest BCUT2D eigenvalue weighted by Crippen LogP contribution is -2.28. The summed E-state index contributed by atoms with van der Waals surface area (Å²) in [7, 11) is 0. The molecule has 1 rings (SSSR count). The molecule has 0 fully saturated rings. The molecule has 4 nitrogen and oxygen atoms in total. The fraction of sp³-hybridized carbons (Fsp3) is 0.750. The highest BCUT2D eigenvalue weighted by molar-refractivity contribution is 4.87. The van der Waals surface area contributed by atoms with Crippen molar-refractivity contribution in [1.82, 2.24) is 10.1 Å². The lowest BCUT2D eigenvalue weighted by Gasteiger charge is -2.11. The van der Waals surface area contributed by atoms with Crippen molar-refractivity contribution in [3.05, 3.63) is 11.7 Å². The SMILES string of the molecule is Cc1noc(CC(N)C(C)C)n1. The minimum Gasteiger partial charge on any atom is -0.339 e. The van der Waals surface area contributed by atoms with Gasteiger partial charge in [0.05, 0.1) is 0 Å². The molecule has 0 aliphatic carbocycles. The summed E-state index contributed by atoms with van der Waals surface area (Å²) < 4.78 is 4.94. The zero-order chi connectivity index (χ0) is 9.14. The smallest absolute Gasteiger partial charge is 0.228 e. The van der Waals surface area contributed by atoms with Crippen LogP contribution >= 0.6 is 0 Å². The number of hydrogen-bond donors (Lipinski definition) is 1. The standard InChI is InChI=1S/C8H15N3O/c1-5(2)7(9)4-8-10-6(3)11-12-8/h5,7H,4,9H2,1-3H3. The van der Waals surface area contributed by atoms with Gasteiger partial charge >= 0.3 is 0 Å². The summed E-state index contributed by atoms with van der Waals surface area (Å²) in [5, 5.41) is 3.69. The molecular formula is C8H15N3O. The van der Waals surface area contributed by atoms with Gasteiger partial charge in [0.25, 0.3) is 0 Å². The van der Waals surface area contributed by atoms with Crippen molar-refractivity contribution in [2.45, 2.75) is 33.2 Å². The first-order valence-electron chi connectivity index (χ1n) is 4.14. The molecule has 1 aromatic heterocycles. The summed E-state index contributed by atoms with van der Waals surface area (Å²) in [6.45, 7) is 5.95. The van der Waals surface area contributed by atoms with E-state index < -0.39 is 0 Å². The van der Waals surface area contributed by atoms with Crippen molar-refractivity contribution >= 4 is 0 Å². The molecule has 1 heterocycles. The van der Waals surface area contributed by atoms with Crippen LogP contribution in [0.25, 0.3) is 0 Å². The Hall–Kier alpha value is -0.900. The topological polar surface area (TPSA) is 64.9 Å². The van der Waals surface area contributed by atoms with Gasteiger partial charge in [0.15, 0.2) is 5.82 Å². The first-order chi connectivity index (χ1) is 5.59. The molecule has 0 amide bonds. The summed E-state index contributed by atoms with van der Waals surface area (Å²) in [4.78, 5) is 4.08.